The van der Waals surface area contributed by atoms with E-state index in [1.54, 1.807) is 10.5 Å². The molecule has 0 aliphatic heterocycles. The topological polar surface area (TPSA) is 0 Å². The predicted molar refractivity (Wildman–Crippen MR) is 54.3 cm³/mol. The zero-order valence-electron chi connectivity index (χ0n) is 8.48. The molecule has 2 radical (unpaired) electrons. The van der Waals surface area contributed by atoms with Crippen LogP contribution in [0.4, 0.5) is 0 Å². The van der Waals surface area contributed by atoms with Crippen LogP contribution in [0.2, 0.25) is 10.5 Å². The van der Waals surface area contributed by atoms with Gasteiger partial charge in [0.1, 0.15) is 0 Å². The summed E-state index contributed by atoms with van der Waals surface area (Å²) in [6, 6.07) is 0. The summed E-state index contributed by atoms with van der Waals surface area (Å²) in [6.45, 7) is 9.31. The summed E-state index contributed by atoms with van der Waals surface area (Å²) in [6.07, 6.45) is 2.94. The molecule has 0 aliphatic rings. The Morgan fingerprint density at radius 2 is 1.18 bits per heavy atom. The molecule has 0 aromatic carbocycles. The molecule has 0 fully saturated rings. The first-order chi connectivity index (χ1) is 5.13. The van der Waals surface area contributed by atoms with Gasteiger partial charge in [0.15, 0.2) is 0 Å². The second-order valence-electron chi connectivity index (χ2n) is 4.12. The van der Waals surface area contributed by atoms with Crippen LogP contribution in [0.1, 0.15) is 40.5 Å². The fourth-order valence-corrected chi connectivity index (χ4v) is 4.71. The van der Waals surface area contributed by atoms with E-state index in [1.807, 2.05) is 0 Å². The van der Waals surface area contributed by atoms with Crippen molar-refractivity contribution < 1.29 is 0 Å². The van der Waals surface area contributed by atoms with Gasteiger partial charge in [-0.2, -0.15) is 0 Å². The Bertz CT molecular complexity index is 66.9. The average molecular weight is 215 g/mol. The van der Waals surface area contributed by atoms with Gasteiger partial charge < -0.3 is 0 Å². The molecular formula is C10H22Ge. The van der Waals surface area contributed by atoms with Crippen molar-refractivity contribution in [2.75, 3.05) is 0 Å². The van der Waals surface area contributed by atoms with Crippen molar-refractivity contribution in [3.05, 3.63) is 0 Å². The first-order valence-electron chi connectivity index (χ1n) is 4.83. The normalized spacial score (nSPS) is 11.5. The van der Waals surface area contributed by atoms with Gasteiger partial charge in [-0.3, -0.25) is 0 Å². The van der Waals surface area contributed by atoms with Crippen LogP contribution in [0, 0.1) is 11.8 Å². The van der Waals surface area contributed by atoms with E-state index in [0.717, 1.165) is 11.8 Å². The quantitative estimate of drug-likeness (QED) is 0.468. The predicted octanol–water partition coefficient (Wildman–Crippen LogP) is 3.62. The summed E-state index contributed by atoms with van der Waals surface area (Å²) in [5, 5.41) is 3.12. The first-order valence-corrected chi connectivity index (χ1v) is 7.80. The molecule has 66 valence electrons. The molecule has 0 aliphatic carbocycles. The summed E-state index contributed by atoms with van der Waals surface area (Å²) < 4.78 is 0. The maximum atomic E-state index is 2.33. The van der Waals surface area contributed by atoms with Crippen molar-refractivity contribution in [1.29, 1.82) is 0 Å². The third-order valence-electron chi connectivity index (χ3n) is 1.80. The van der Waals surface area contributed by atoms with Crippen molar-refractivity contribution in [2.24, 2.45) is 11.8 Å². The molecule has 0 rings (SSSR count). The molecule has 0 N–H and O–H groups in total. The summed E-state index contributed by atoms with van der Waals surface area (Å²) >= 11 is 0.437. The molecule has 0 amide bonds. The standard InChI is InChI=1S/C10H22Ge/c1-9(2)5-7-11-8-6-10(3)4/h9-10H,5-8H2,1-4H3. The van der Waals surface area contributed by atoms with Gasteiger partial charge in [0.2, 0.25) is 0 Å². The molecule has 0 atom stereocenters. The van der Waals surface area contributed by atoms with Crippen LogP contribution in [0.5, 0.6) is 0 Å². The zero-order valence-corrected chi connectivity index (χ0v) is 10.6. The van der Waals surface area contributed by atoms with Gasteiger partial charge >= 0.3 is 78.3 Å². The molecule has 11 heavy (non-hydrogen) atoms. The molecule has 0 saturated heterocycles. The molecule has 0 aromatic heterocycles. The Morgan fingerprint density at radius 3 is 1.45 bits per heavy atom. The summed E-state index contributed by atoms with van der Waals surface area (Å²) in [5.74, 6) is 1.86. The van der Waals surface area contributed by atoms with Gasteiger partial charge in [-0.15, -0.1) is 0 Å². The van der Waals surface area contributed by atoms with E-state index in [4.69, 9.17) is 0 Å². The molecular weight excluding hydrogens is 193 g/mol. The van der Waals surface area contributed by atoms with Crippen molar-refractivity contribution in [1.82, 2.24) is 0 Å². The van der Waals surface area contributed by atoms with Crippen LogP contribution in [0.3, 0.4) is 0 Å². The second-order valence-corrected chi connectivity index (χ2v) is 7.26. The molecule has 1 heteroatoms. The second kappa shape index (κ2) is 7.21. The fourth-order valence-electron chi connectivity index (χ4n) is 0.906. The Labute approximate surface area is 78.6 Å². The van der Waals surface area contributed by atoms with E-state index >= 15 is 0 Å². The van der Waals surface area contributed by atoms with Gasteiger partial charge in [-0.25, -0.2) is 0 Å². The number of hydrogen-bond donors (Lipinski definition) is 0. The van der Waals surface area contributed by atoms with E-state index in [0.29, 0.717) is 15.4 Å². The first kappa shape index (κ1) is 11.5. The third-order valence-corrected chi connectivity index (χ3v) is 4.49. The average Bonchev–Trinajstić information content (AvgIpc) is 1.85. The third kappa shape index (κ3) is 10.5. The van der Waals surface area contributed by atoms with E-state index in [-0.39, 0.29) is 0 Å². The number of hydrogen-bond acceptors (Lipinski definition) is 0. The van der Waals surface area contributed by atoms with E-state index < -0.39 is 0 Å². The summed E-state index contributed by atoms with van der Waals surface area (Å²) in [4.78, 5) is 0. The summed E-state index contributed by atoms with van der Waals surface area (Å²) in [5.41, 5.74) is 0. The molecule has 0 bridgehead atoms. The van der Waals surface area contributed by atoms with Gasteiger partial charge in [0.05, 0.1) is 0 Å². The maximum absolute atomic E-state index is 2.33. The molecule has 0 heterocycles. The molecule has 0 unspecified atom stereocenters. The number of rotatable bonds is 6. The molecule has 0 spiro atoms. The molecule has 0 saturated carbocycles. The monoisotopic (exact) mass is 216 g/mol. The SMILES string of the molecule is CC(C)C[CH2][Ge][CH2]CC(C)C. The van der Waals surface area contributed by atoms with Crippen molar-refractivity contribution in [3.63, 3.8) is 0 Å². The van der Waals surface area contributed by atoms with Gasteiger partial charge in [-0.05, 0) is 0 Å². The van der Waals surface area contributed by atoms with Gasteiger partial charge in [0.25, 0.3) is 0 Å². The Kier molecular flexibility index (Phi) is 7.56. The van der Waals surface area contributed by atoms with Gasteiger partial charge in [0, 0.05) is 0 Å². The Hall–Kier alpha value is 0.543. The zero-order chi connectivity index (χ0) is 8.69. The van der Waals surface area contributed by atoms with Crippen LogP contribution < -0.4 is 0 Å². The van der Waals surface area contributed by atoms with Crippen LogP contribution in [0.15, 0.2) is 0 Å². The van der Waals surface area contributed by atoms with E-state index in [2.05, 4.69) is 27.7 Å². The molecule has 0 nitrogen and oxygen atoms in total. The Balaban J connectivity index is 2.91. The minimum absolute atomic E-state index is 0.437. The van der Waals surface area contributed by atoms with Crippen LogP contribution in [0.25, 0.3) is 0 Å². The minimum atomic E-state index is 0.437. The van der Waals surface area contributed by atoms with Crippen molar-refractivity contribution in [2.45, 2.75) is 51.0 Å². The van der Waals surface area contributed by atoms with Gasteiger partial charge in [-0.1, -0.05) is 0 Å². The van der Waals surface area contributed by atoms with Crippen LogP contribution >= 0.6 is 0 Å². The van der Waals surface area contributed by atoms with E-state index in [1.165, 1.54) is 12.8 Å². The van der Waals surface area contributed by atoms with E-state index in [9.17, 15) is 0 Å². The Morgan fingerprint density at radius 1 is 0.818 bits per heavy atom. The summed E-state index contributed by atoms with van der Waals surface area (Å²) in [7, 11) is 0. The fraction of sp³-hybridized carbons (Fsp3) is 1.00. The van der Waals surface area contributed by atoms with Crippen LogP contribution in [-0.2, 0) is 0 Å². The van der Waals surface area contributed by atoms with Crippen molar-refractivity contribution in [3.8, 4) is 0 Å². The van der Waals surface area contributed by atoms with Crippen molar-refractivity contribution >= 4 is 15.4 Å². The molecule has 0 aromatic rings. The van der Waals surface area contributed by atoms with Crippen LogP contribution in [-0.4, -0.2) is 15.4 Å².